The zero-order valence-electron chi connectivity index (χ0n) is 19.3. The molecule has 8 nitrogen and oxygen atoms in total. The van der Waals surface area contributed by atoms with Crippen LogP contribution in [-0.4, -0.2) is 60.8 Å². The molecular formula is C23H22F5N7O. The van der Waals surface area contributed by atoms with Crippen LogP contribution < -0.4 is 5.32 Å². The highest BCUT2D eigenvalue weighted by Crippen LogP contribution is 2.36. The molecule has 1 unspecified atom stereocenters. The molecule has 1 N–H and O–H groups in total. The maximum atomic E-state index is 14.6. The van der Waals surface area contributed by atoms with Gasteiger partial charge in [-0.25, -0.2) is 33.7 Å². The Hall–Kier alpha value is -3.77. The number of halogens is 5. The number of carbonyl (C=O) groups is 1. The molecule has 0 radical (unpaired) electrons. The van der Waals surface area contributed by atoms with Gasteiger partial charge in [0.1, 0.15) is 5.69 Å². The largest absolute Gasteiger partial charge is 0.419 e. The molecule has 2 atom stereocenters. The van der Waals surface area contributed by atoms with Crippen LogP contribution in [0.1, 0.15) is 35.1 Å². The summed E-state index contributed by atoms with van der Waals surface area (Å²) in [5.41, 5.74) is -0.285. The summed E-state index contributed by atoms with van der Waals surface area (Å²) in [6.07, 6.45) is -0.827. The van der Waals surface area contributed by atoms with Crippen molar-refractivity contribution < 1.29 is 26.7 Å². The normalized spacial score (nSPS) is 19.7. The van der Waals surface area contributed by atoms with Gasteiger partial charge >= 0.3 is 6.18 Å². The van der Waals surface area contributed by atoms with Gasteiger partial charge in [-0.1, -0.05) is 6.92 Å². The monoisotopic (exact) mass is 507 g/mol. The number of nitrogens with zero attached hydrogens (tertiary/aromatic N) is 6. The highest BCUT2D eigenvalue weighted by Gasteiger charge is 2.46. The molecule has 3 aromatic heterocycles. The topological polar surface area (TPSA) is 96.8 Å². The Morgan fingerprint density at radius 2 is 1.81 bits per heavy atom. The van der Waals surface area contributed by atoms with Crippen LogP contribution >= 0.6 is 0 Å². The molecule has 0 aliphatic carbocycles. The van der Waals surface area contributed by atoms with Gasteiger partial charge in [0.25, 0.3) is 11.8 Å². The van der Waals surface area contributed by atoms with Crippen LogP contribution in [0.15, 0.2) is 43.0 Å². The van der Waals surface area contributed by atoms with Crippen molar-refractivity contribution in [3.05, 3.63) is 59.9 Å². The first-order chi connectivity index (χ1) is 16.9. The minimum Gasteiger partial charge on any atom is -0.352 e. The van der Waals surface area contributed by atoms with Crippen molar-refractivity contribution in [1.82, 2.24) is 29.8 Å². The molecule has 1 aliphatic heterocycles. The van der Waals surface area contributed by atoms with E-state index >= 15 is 0 Å². The van der Waals surface area contributed by atoms with Crippen molar-refractivity contribution in [2.75, 3.05) is 18.4 Å². The lowest BCUT2D eigenvalue weighted by Gasteiger charge is -2.43. The number of carbonyl (C=O) groups excluding carboxylic acids is 1. The number of nitrogens with one attached hydrogen (secondary N) is 1. The zero-order chi connectivity index (χ0) is 26.1. The lowest BCUT2D eigenvalue weighted by Crippen LogP contribution is -2.57. The van der Waals surface area contributed by atoms with Crippen molar-refractivity contribution in [1.29, 1.82) is 0 Å². The Morgan fingerprint density at radius 3 is 2.44 bits per heavy atom. The van der Waals surface area contributed by atoms with E-state index in [0.717, 1.165) is 4.90 Å². The summed E-state index contributed by atoms with van der Waals surface area (Å²) >= 11 is 0. The number of pyridine rings is 1. The molecular weight excluding hydrogens is 485 g/mol. The number of amides is 1. The molecule has 36 heavy (non-hydrogen) atoms. The van der Waals surface area contributed by atoms with E-state index < -0.39 is 48.5 Å². The lowest BCUT2D eigenvalue weighted by atomic mass is 9.88. The quantitative estimate of drug-likeness (QED) is 0.516. The Kier molecular flexibility index (Phi) is 6.83. The zero-order valence-corrected chi connectivity index (χ0v) is 19.3. The highest BCUT2D eigenvalue weighted by molar-refractivity contribution is 5.98. The fraction of sp³-hybridized carbons (Fsp3) is 0.391. The standard InChI is InChI=1S/C23H22F5N7O/c1-13-8-22(24,25)12-35(17(13)11-33-21-31-9-15(10-32-21)23(26,27)28)20(36)18-16(5-4-14(2)34-18)19-29-6-3-7-30-19/h3-7,9-10,13,17H,8,11-12H2,1-2H3,(H,31,32,33)/t13-,17?/m1/s1. The van der Waals surface area contributed by atoms with Crippen molar-refractivity contribution in [3.8, 4) is 11.4 Å². The van der Waals surface area contributed by atoms with Gasteiger partial charge in [-0.3, -0.25) is 4.79 Å². The van der Waals surface area contributed by atoms with Crippen LogP contribution in [0.3, 0.4) is 0 Å². The summed E-state index contributed by atoms with van der Waals surface area (Å²) in [4.78, 5) is 34.6. The molecule has 0 bridgehead atoms. The average molecular weight is 507 g/mol. The molecule has 0 spiro atoms. The Morgan fingerprint density at radius 1 is 1.14 bits per heavy atom. The fourth-order valence-electron chi connectivity index (χ4n) is 4.12. The number of likely N-dealkylation sites (tertiary alicyclic amines) is 1. The van der Waals surface area contributed by atoms with E-state index in [-0.39, 0.29) is 24.0 Å². The molecule has 1 aliphatic rings. The molecule has 0 aromatic carbocycles. The number of hydrogen-bond acceptors (Lipinski definition) is 7. The Balaban J connectivity index is 1.63. The summed E-state index contributed by atoms with van der Waals surface area (Å²) < 4.78 is 67.5. The first-order valence-electron chi connectivity index (χ1n) is 11.0. The molecule has 190 valence electrons. The first kappa shape index (κ1) is 25.3. The second kappa shape index (κ2) is 9.70. The smallest absolute Gasteiger partial charge is 0.352 e. The van der Waals surface area contributed by atoms with Gasteiger partial charge < -0.3 is 10.2 Å². The van der Waals surface area contributed by atoms with E-state index in [4.69, 9.17) is 0 Å². The third-order valence-electron chi connectivity index (χ3n) is 5.83. The Bertz CT molecular complexity index is 1220. The van der Waals surface area contributed by atoms with Crippen LogP contribution in [-0.2, 0) is 6.18 Å². The van der Waals surface area contributed by atoms with Crippen molar-refractivity contribution in [2.24, 2.45) is 5.92 Å². The second-order valence-corrected chi connectivity index (χ2v) is 8.63. The summed E-state index contributed by atoms with van der Waals surface area (Å²) in [6, 6.07) is 4.14. The van der Waals surface area contributed by atoms with Crippen LogP contribution in [0.4, 0.5) is 27.9 Å². The first-order valence-corrected chi connectivity index (χ1v) is 11.0. The summed E-state index contributed by atoms with van der Waals surface area (Å²) in [6.45, 7) is 2.34. The number of anilines is 1. The van der Waals surface area contributed by atoms with Crippen LogP contribution in [0, 0.1) is 12.8 Å². The summed E-state index contributed by atoms with van der Waals surface area (Å²) in [5, 5.41) is 2.77. The maximum Gasteiger partial charge on any atom is 0.419 e. The third-order valence-corrected chi connectivity index (χ3v) is 5.83. The lowest BCUT2D eigenvalue weighted by molar-refractivity contribution is -0.138. The van der Waals surface area contributed by atoms with E-state index in [1.807, 2.05) is 0 Å². The van der Waals surface area contributed by atoms with E-state index in [1.54, 1.807) is 32.0 Å². The van der Waals surface area contributed by atoms with Crippen molar-refractivity contribution in [3.63, 3.8) is 0 Å². The van der Waals surface area contributed by atoms with E-state index in [1.165, 1.54) is 12.4 Å². The molecule has 4 heterocycles. The SMILES string of the molecule is Cc1ccc(-c2ncccn2)c(C(=O)N2CC(F)(F)C[C@@H](C)C2CNc2ncc(C(F)(F)F)cn2)n1. The van der Waals surface area contributed by atoms with E-state index in [9.17, 15) is 26.7 Å². The van der Waals surface area contributed by atoms with E-state index in [2.05, 4.69) is 30.2 Å². The molecule has 0 saturated carbocycles. The third kappa shape index (κ3) is 5.55. The van der Waals surface area contributed by atoms with Crippen LogP contribution in [0.5, 0.6) is 0 Å². The van der Waals surface area contributed by atoms with Crippen LogP contribution in [0.2, 0.25) is 0 Å². The summed E-state index contributed by atoms with van der Waals surface area (Å²) in [7, 11) is 0. The van der Waals surface area contributed by atoms with Gasteiger partial charge in [0.15, 0.2) is 5.82 Å². The number of piperidine rings is 1. The van der Waals surface area contributed by atoms with Crippen molar-refractivity contribution in [2.45, 2.75) is 38.4 Å². The minimum atomic E-state index is -4.59. The second-order valence-electron chi connectivity index (χ2n) is 8.63. The summed E-state index contributed by atoms with van der Waals surface area (Å²) in [5.74, 6) is -4.41. The van der Waals surface area contributed by atoms with Gasteiger partial charge in [0, 0.05) is 43.4 Å². The molecule has 1 amide bonds. The highest BCUT2D eigenvalue weighted by atomic mass is 19.4. The molecule has 1 saturated heterocycles. The number of aromatic nitrogens is 5. The number of aryl methyl sites for hydroxylation is 1. The van der Waals surface area contributed by atoms with Gasteiger partial charge in [-0.05, 0) is 31.0 Å². The van der Waals surface area contributed by atoms with Gasteiger partial charge in [0.2, 0.25) is 5.95 Å². The predicted molar refractivity (Wildman–Crippen MR) is 119 cm³/mol. The van der Waals surface area contributed by atoms with Crippen LogP contribution in [0.25, 0.3) is 11.4 Å². The van der Waals surface area contributed by atoms with Gasteiger partial charge in [-0.15, -0.1) is 0 Å². The van der Waals surface area contributed by atoms with Gasteiger partial charge in [0.05, 0.1) is 23.7 Å². The average Bonchev–Trinajstić information content (AvgIpc) is 2.82. The molecule has 3 aromatic rings. The van der Waals surface area contributed by atoms with Crippen molar-refractivity contribution >= 4 is 11.9 Å². The number of alkyl halides is 5. The molecule has 4 rings (SSSR count). The number of hydrogen-bond donors (Lipinski definition) is 1. The van der Waals surface area contributed by atoms with Gasteiger partial charge in [-0.2, -0.15) is 13.2 Å². The predicted octanol–water partition coefficient (Wildman–Crippen LogP) is 4.25. The Labute approximate surface area is 203 Å². The number of rotatable bonds is 5. The molecule has 13 heteroatoms. The van der Waals surface area contributed by atoms with E-state index in [0.29, 0.717) is 23.7 Å². The minimum absolute atomic E-state index is 0.0582. The molecule has 1 fully saturated rings. The fourth-order valence-corrected chi connectivity index (χ4v) is 4.12. The maximum absolute atomic E-state index is 14.6.